The third kappa shape index (κ3) is 6.96. The SMILES string of the molecule is C/C(=C\C(Cn1cnc(C(F)(F)F)c(Oc2cc(Cl)cc(C#N)c2)c1=O)=N/NC=O)c1ccc(F)c(Cl)c1. The molecule has 1 amide bonds. The Labute approximate surface area is 222 Å². The van der Waals surface area contributed by atoms with Gasteiger partial charge in [0.25, 0.3) is 5.56 Å². The minimum absolute atomic E-state index is 0.00677. The van der Waals surface area contributed by atoms with Crippen molar-refractivity contribution in [3.05, 3.63) is 91.8 Å². The first kappa shape index (κ1) is 28.4. The molecule has 0 aliphatic rings. The van der Waals surface area contributed by atoms with E-state index in [0.717, 1.165) is 22.8 Å². The van der Waals surface area contributed by atoms with Gasteiger partial charge in [-0.3, -0.25) is 14.2 Å². The van der Waals surface area contributed by atoms with Crippen molar-refractivity contribution in [3.63, 3.8) is 0 Å². The Kier molecular flexibility index (Phi) is 8.88. The number of allylic oxidation sites excluding steroid dienone is 2. The molecule has 0 aliphatic heterocycles. The molecule has 1 heterocycles. The molecule has 0 unspecified atom stereocenters. The van der Waals surface area contributed by atoms with E-state index in [1.807, 2.05) is 0 Å². The highest BCUT2D eigenvalue weighted by Crippen LogP contribution is 2.35. The Morgan fingerprint density at radius 1 is 1.26 bits per heavy atom. The molecule has 1 N–H and O–H groups in total. The summed E-state index contributed by atoms with van der Waals surface area (Å²) in [6, 6.07) is 9.16. The number of rotatable bonds is 8. The summed E-state index contributed by atoms with van der Waals surface area (Å²) in [7, 11) is 0. The van der Waals surface area contributed by atoms with Gasteiger partial charge in [0.05, 0.1) is 35.2 Å². The van der Waals surface area contributed by atoms with Crippen LogP contribution in [-0.4, -0.2) is 21.7 Å². The summed E-state index contributed by atoms with van der Waals surface area (Å²) >= 11 is 11.7. The van der Waals surface area contributed by atoms with Crippen LogP contribution in [-0.2, 0) is 17.5 Å². The molecule has 196 valence electrons. The van der Waals surface area contributed by atoms with Gasteiger partial charge < -0.3 is 4.74 Å². The van der Waals surface area contributed by atoms with Crippen LogP contribution in [0.3, 0.4) is 0 Å². The van der Waals surface area contributed by atoms with Crippen molar-refractivity contribution in [2.45, 2.75) is 19.6 Å². The van der Waals surface area contributed by atoms with E-state index < -0.39 is 35.5 Å². The second-order valence-corrected chi connectivity index (χ2v) is 8.39. The topological polar surface area (TPSA) is 109 Å². The number of alkyl halides is 3. The van der Waals surface area contributed by atoms with Crippen molar-refractivity contribution >= 4 is 40.9 Å². The predicted molar refractivity (Wildman–Crippen MR) is 131 cm³/mol. The summed E-state index contributed by atoms with van der Waals surface area (Å²) in [6.45, 7) is 1.15. The van der Waals surface area contributed by atoms with Crippen LogP contribution in [0.15, 0.2) is 58.7 Å². The zero-order chi connectivity index (χ0) is 28.0. The molecular weight excluding hydrogens is 553 g/mol. The Morgan fingerprint density at radius 2 is 2.00 bits per heavy atom. The number of hydrogen-bond donors (Lipinski definition) is 1. The van der Waals surface area contributed by atoms with Crippen LogP contribution < -0.4 is 15.7 Å². The highest BCUT2D eigenvalue weighted by atomic mass is 35.5. The standard InChI is InChI=1S/C24H15Cl2F4N5O3/c1-13(15-2-3-20(27)19(26)7-15)4-17(34-33-12-36)10-35-11-32-22(24(28,29)30)21(23(35)37)38-18-6-14(9-31)5-16(25)8-18/h2-8,11-12H,10H2,1H3,(H,33,36)/b13-4+,34-17+. The molecule has 3 aromatic rings. The van der Waals surface area contributed by atoms with Gasteiger partial charge in [0.1, 0.15) is 11.6 Å². The Morgan fingerprint density at radius 3 is 2.63 bits per heavy atom. The number of hydrogen-bond acceptors (Lipinski definition) is 6. The fraction of sp³-hybridized carbons (Fsp3) is 0.125. The third-order valence-corrected chi connectivity index (χ3v) is 5.34. The van der Waals surface area contributed by atoms with Gasteiger partial charge in [-0.25, -0.2) is 14.8 Å². The van der Waals surface area contributed by atoms with Gasteiger partial charge in [0.2, 0.25) is 12.2 Å². The number of nitrogens with one attached hydrogen (secondary N) is 1. The fourth-order valence-electron chi connectivity index (χ4n) is 3.15. The van der Waals surface area contributed by atoms with E-state index in [1.165, 1.54) is 24.3 Å². The predicted octanol–water partition coefficient (Wildman–Crippen LogP) is 5.58. The van der Waals surface area contributed by atoms with Crippen LogP contribution in [0.4, 0.5) is 17.6 Å². The Bertz CT molecular complexity index is 1550. The molecule has 0 fully saturated rings. The van der Waals surface area contributed by atoms with Gasteiger partial charge in [0, 0.05) is 5.02 Å². The van der Waals surface area contributed by atoms with Crippen LogP contribution in [0.25, 0.3) is 5.57 Å². The summed E-state index contributed by atoms with van der Waals surface area (Å²) in [5.41, 5.74) is 0.177. The van der Waals surface area contributed by atoms with Crippen LogP contribution in [0.5, 0.6) is 11.5 Å². The molecule has 0 saturated heterocycles. The number of carbonyl (C=O) groups is 1. The van der Waals surface area contributed by atoms with Crippen molar-refractivity contribution in [2.24, 2.45) is 5.10 Å². The van der Waals surface area contributed by atoms with E-state index in [2.05, 4.69) is 15.5 Å². The van der Waals surface area contributed by atoms with E-state index in [-0.39, 0.29) is 33.5 Å². The van der Waals surface area contributed by atoms with Gasteiger partial charge in [-0.2, -0.15) is 23.5 Å². The second kappa shape index (κ2) is 11.9. The van der Waals surface area contributed by atoms with Crippen molar-refractivity contribution in [1.82, 2.24) is 15.0 Å². The molecule has 8 nitrogen and oxygen atoms in total. The number of amides is 1. The van der Waals surface area contributed by atoms with Crippen molar-refractivity contribution in [3.8, 4) is 17.6 Å². The largest absolute Gasteiger partial charge is 0.449 e. The zero-order valence-electron chi connectivity index (χ0n) is 19.2. The summed E-state index contributed by atoms with van der Waals surface area (Å²) in [6.07, 6.45) is -2.77. The Balaban J connectivity index is 2.07. The smallest absolute Gasteiger partial charge is 0.437 e. The lowest BCUT2D eigenvalue weighted by Crippen LogP contribution is -2.29. The number of hydrazone groups is 1. The monoisotopic (exact) mass is 567 g/mol. The lowest BCUT2D eigenvalue weighted by Gasteiger charge is -2.15. The van der Waals surface area contributed by atoms with E-state index in [1.54, 1.807) is 13.0 Å². The van der Waals surface area contributed by atoms with Crippen LogP contribution >= 0.6 is 23.2 Å². The number of benzene rings is 2. The molecule has 2 aromatic carbocycles. The lowest BCUT2D eigenvalue weighted by molar-refractivity contribution is -0.142. The zero-order valence-corrected chi connectivity index (χ0v) is 20.7. The number of ether oxygens (including phenoxy) is 1. The number of nitriles is 1. The van der Waals surface area contributed by atoms with Crippen molar-refractivity contribution < 1.29 is 27.1 Å². The molecule has 0 atom stereocenters. The van der Waals surface area contributed by atoms with E-state index in [4.69, 9.17) is 33.2 Å². The normalized spacial score (nSPS) is 12.2. The van der Waals surface area contributed by atoms with Gasteiger partial charge in [-0.15, -0.1) is 0 Å². The minimum atomic E-state index is -5.06. The molecule has 0 bridgehead atoms. The molecule has 0 radical (unpaired) electrons. The minimum Gasteiger partial charge on any atom is -0.449 e. The maximum atomic E-state index is 13.6. The maximum absolute atomic E-state index is 13.6. The van der Waals surface area contributed by atoms with Crippen molar-refractivity contribution in [1.29, 1.82) is 5.26 Å². The third-order valence-electron chi connectivity index (χ3n) is 4.84. The highest BCUT2D eigenvalue weighted by Gasteiger charge is 2.38. The molecule has 0 saturated carbocycles. The van der Waals surface area contributed by atoms with Gasteiger partial charge in [-0.05, 0) is 54.5 Å². The fourth-order valence-corrected chi connectivity index (χ4v) is 3.56. The van der Waals surface area contributed by atoms with Gasteiger partial charge >= 0.3 is 6.18 Å². The lowest BCUT2D eigenvalue weighted by atomic mass is 10.1. The summed E-state index contributed by atoms with van der Waals surface area (Å²) in [4.78, 5) is 27.3. The summed E-state index contributed by atoms with van der Waals surface area (Å²) in [5, 5.41) is 12.8. The molecule has 0 spiro atoms. The first-order valence-electron chi connectivity index (χ1n) is 10.4. The van der Waals surface area contributed by atoms with E-state index in [0.29, 0.717) is 17.5 Å². The second-order valence-electron chi connectivity index (χ2n) is 7.55. The summed E-state index contributed by atoms with van der Waals surface area (Å²) < 4.78 is 60.5. The van der Waals surface area contributed by atoms with Gasteiger partial charge in [-0.1, -0.05) is 29.3 Å². The molecule has 1 aromatic heterocycles. The number of aromatic nitrogens is 2. The molecule has 38 heavy (non-hydrogen) atoms. The van der Waals surface area contributed by atoms with Crippen molar-refractivity contribution in [2.75, 3.05) is 0 Å². The highest BCUT2D eigenvalue weighted by molar-refractivity contribution is 6.31. The molecule has 0 aliphatic carbocycles. The molecular formula is C24H15Cl2F4N5O3. The Hall–Kier alpha value is -4.21. The number of carbonyl (C=O) groups excluding carboxylic acids is 1. The molecule has 14 heteroatoms. The number of halogens is 6. The average molecular weight is 568 g/mol. The van der Waals surface area contributed by atoms with Crippen LogP contribution in [0, 0.1) is 17.1 Å². The van der Waals surface area contributed by atoms with E-state index >= 15 is 0 Å². The maximum Gasteiger partial charge on any atom is 0.437 e. The van der Waals surface area contributed by atoms with Gasteiger partial charge in [0.15, 0.2) is 5.69 Å². The van der Waals surface area contributed by atoms with Crippen LogP contribution in [0.2, 0.25) is 10.0 Å². The average Bonchev–Trinajstić information content (AvgIpc) is 2.85. The van der Waals surface area contributed by atoms with Crippen LogP contribution in [0.1, 0.15) is 23.7 Å². The number of nitrogens with zero attached hydrogens (tertiary/aromatic N) is 4. The first-order valence-corrected chi connectivity index (χ1v) is 11.1. The first-order chi connectivity index (χ1) is 17.9. The van der Waals surface area contributed by atoms with E-state index in [9.17, 15) is 27.2 Å². The molecule has 3 rings (SSSR count). The summed E-state index contributed by atoms with van der Waals surface area (Å²) in [5.74, 6) is -2.10. The quantitative estimate of drug-likeness (QED) is 0.165.